The Balaban J connectivity index is 1.79. The Morgan fingerprint density at radius 2 is 1.65 bits per heavy atom. The fraction of sp³-hybridized carbons (Fsp3) is 0.350. The first kappa shape index (κ1) is 18.6. The Labute approximate surface area is 154 Å². The molecule has 6 heteroatoms. The number of sulfonamides is 1. The predicted octanol–water partition coefficient (Wildman–Crippen LogP) is 3.05. The smallest absolute Gasteiger partial charge is 0.254 e. The van der Waals surface area contributed by atoms with E-state index < -0.39 is 10.0 Å². The van der Waals surface area contributed by atoms with E-state index in [2.05, 4.69) is 6.07 Å². The molecular formula is C20H24N2O3S. The number of aryl methyl sites for hydroxylation is 2. The third kappa shape index (κ3) is 3.81. The van der Waals surface area contributed by atoms with E-state index in [9.17, 15) is 13.2 Å². The number of hydrogen-bond acceptors (Lipinski definition) is 3. The van der Waals surface area contributed by atoms with E-state index in [1.807, 2.05) is 19.1 Å². The van der Waals surface area contributed by atoms with Crippen molar-refractivity contribution in [2.45, 2.75) is 43.5 Å². The monoisotopic (exact) mass is 372 g/mol. The van der Waals surface area contributed by atoms with Gasteiger partial charge in [-0.3, -0.25) is 4.79 Å². The quantitative estimate of drug-likeness (QED) is 0.896. The molecule has 0 bridgehead atoms. The molecule has 0 spiro atoms. The summed E-state index contributed by atoms with van der Waals surface area (Å²) >= 11 is 0. The molecule has 1 amide bonds. The van der Waals surface area contributed by atoms with Gasteiger partial charge in [0.15, 0.2) is 0 Å². The highest BCUT2D eigenvalue weighted by atomic mass is 32.2. The lowest BCUT2D eigenvalue weighted by atomic mass is 9.90. The minimum atomic E-state index is -3.71. The molecular weight excluding hydrogens is 348 g/mol. The molecule has 5 nitrogen and oxygen atoms in total. The van der Waals surface area contributed by atoms with Crippen LogP contribution in [0.3, 0.4) is 0 Å². The molecule has 138 valence electrons. The van der Waals surface area contributed by atoms with Gasteiger partial charge in [0, 0.05) is 12.6 Å². The fourth-order valence-electron chi connectivity index (χ4n) is 3.41. The summed E-state index contributed by atoms with van der Waals surface area (Å²) in [7, 11) is -1.95. The van der Waals surface area contributed by atoms with Gasteiger partial charge in [0.05, 0.1) is 10.9 Å². The molecule has 1 aliphatic rings. The van der Waals surface area contributed by atoms with Crippen LogP contribution in [0.2, 0.25) is 0 Å². The lowest BCUT2D eigenvalue weighted by molar-refractivity contribution is 0.0742. The SMILES string of the molecule is CC(c1ccc(S(N)(=O)=O)cc1)N(C)C(=O)c1ccc2c(c1)CCCC2. The van der Waals surface area contributed by atoms with Crippen molar-refractivity contribution >= 4 is 15.9 Å². The van der Waals surface area contributed by atoms with Gasteiger partial charge in [0.25, 0.3) is 5.91 Å². The summed E-state index contributed by atoms with van der Waals surface area (Å²) in [4.78, 5) is 14.6. The first-order valence-corrected chi connectivity index (χ1v) is 10.3. The number of nitrogens with zero attached hydrogens (tertiary/aromatic N) is 1. The molecule has 2 aromatic rings. The van der Waals surface area contributed by atoms with Crippen molar-refractivity contribution in [3.8, 4) is 0 Å². The highest BCUT2D eigenvalue weighted by Gasteiger charge is 2.21. The molecule has 0 saturated carbocycles. The molecule has 0 aliphatic heterocycles. The summed E-state index contributed by atoms with van der Waals surface area (Å²) in [6.45, 7) is 1.92. The maximum atomic E-state index is 12.9. The van der Waals surface area contributed by atoms with Crippen LogP contribution in [-0.4, -0.2) is 26.3 Å². The number of fused-ring (bicyclic) bond motifs is 1. The summed E-state index contributed by atoms with van der Waals surface area (Å²) in [6, 6.07) is 12.1. The van der Waals surface area contributed by atoms with E-state index in [1.165, 1.54) is 36.1 Å². The van der Waals surface area contributed by atoms with Crippen LogP contribution in [0.15, 0.2) is 47.4 Å². The highest BCUT2D eigenvalue weighted by Crippen LogP contribution is 2.25. The van der Waals surface area contributed by atoms with Crippen LogP contribution < -0.4 is 5.14 Å². The summed E-state index contributed by atoms with van der Waals surface area (Å²) in [5.41, 5.74) is 4.18. The van der Waals surface area contributed by atoms with Gasteiger partial charge in [0.2, 0.25) is 10.0 Å². The van der Waals surface area contributed by atoms with Crippen LogP contribution in [0.1, 0.15) is 52.9 Å². The number of rotatable bonds is 4. The molecule has 0 fully saturated rings. The Morgan fingerprint density at radius 1 is 1.04 bits per heavy atom. The molecule has 2 N–H and O–H groups in total. The van der Waals surface area contributed by atoms with Crippen molar-refractivity contribution in [1.29, 1.82) is 0 Å². The molecule has 0 aromatic heterocycles. The topological polar surface area (TPSA) is 80.5 Å². The molecule has 0 radical (unpaired) electrons. The average molecular weight is 372 g/mol. The van der Waals surface area contributed by atoms with E-state index in [1.54, 1.807) is 24.1 Å². The molecule has 3 rings (SSSR count). The maximum Gasteiger partial charge on any atom is 0.254 e. The van der Waals surface area contributed by atoms with E-state index in [0.717, 1.165) is 18.4 Å². The van der Waals surface area contributed by atoms with Gasteiger partial charge in [0.1, 0.15) is 0 Å². The summed E-state index contributed by atoms with van der Waals surface area (Å²) in [5.74, 6) is -0.0404. The molecule has 2 aromatic carbocycles. The minimum Gasteiger partial charge on any atom is -0.335 e. The summed E-state index contributed by atoms with van der Waals surface area (Å²) in [5, 5.41) is 5.13. The van der Waals surface area contributed by atoms with Gasteiger partial charge in [-0.05, 0) is 73.6 Å². The Hall–Kier alpha value is -2.18. The van der Waals surface area contributed by atoms with Crippen molar-refractivity contribution in [1.82, 2.24) is 4.90 Å². The zero-order valence-electron chi connectivity index (χ0n) is 15.1. The zero-order chi connectivity index (χ0) is 18.9. The molecule has 26 heavy (non-hydrogen) atoms. The van der Waals surface area contributed by atoms with Crippen LogP contribution in [0.4, 0.5) is 0 Å². The average Bonchev–Trinajstić information content (AvgIpc) is 2.65. The fourth-order valence-corrected chi connectivity index (χ4v) is 3.92. The van der Waals surface area contributed by atoms with Crippen LogP contribution in [-0.2, 0) is 22.9 Å². The standard InChI is InChI=1S/C20H24N2O3S/c1-14(15-9-11-19(12-10-15)26(21,24)25)22(2)20(23)18-8-7-16-5-3-4-6-17(16)13-18/h7-14H,3-6H2,1-2H3,(H2,21,24,25). The number of carbonyl (C=O) groups is 1. The number of hydrogen-bond donors (Lipinski definition) is 1. The Kier molecular flexibility index (Phi) is 5.16. The third-order valence-electron chi connectivity index (χ3n) is 5.19. The second-order valence-corrected chi connectivity index (χ2v) is 8.46. The molecule has 1 aliphatic carbocycles. The Bertz CT molecular complexity index is 921. The van der Waals surface area contributed by atoms with Gasteiger partial charge in [-0.15, -0.1) is 0 Å². The Morgan fingerprint density at radius 3 is 2.27 bits per heavy atom. The normalized spacial score (nSPS) is 15.2. The lowest BCUT2D eigenvalue weighted by Crippen LogP contribution is -2.30. The molecule has 1 unspecified atom stereocenters. The highest BCUT2D eigenvalue weighted by molar-refractivity contribution is 7.89. The molecule has 0 heterocycles. The second-order valence-electron chi connectivity index (χ2n) is 6.90. The second kappa shape index (κ2) is 7.21. The van der Waals surface area contributed by atoms with Crippen LogP contribution >= 0.6 is 0 Å². The number of primary sulfonamides is 1. The van der Waals surface area contributed by atoms with Crippen molar-refractivity contribution in [2.24, 2.45) is 5.14 Å². The first-order chi connectivity index (χ1) is 12.3. The largest absolute Gasteiger partial charge is 0.335 e. The van der Waals surface area contributed by atoms with Crippen LogP contribution in [0, 0.1) is 0 Å². The van der Waals surface area contributed by atoms with E-state index in [4.69, 9.17) is 5.14 Å². The van der Waals surface area contributed by atoms with Gasteiger partial charge in [-0.1, -0.05) is 18.2 Å². The van der Waals surface area contributed by atoms with Gasteiger partial charge < -0.3 is 4.90 Å². The number of carbonyl (C=O) groups excluding carboxylic acids is 1. The number of benzene rings is 2. The summed E-state index contributed by atoms with van der Waals surface area (Å²) in [6.07, 6.45) is 4.51. The van der Waals surface area contributed by atoms with Crippen molar-refractivity contribution in [2.75, 3.05) is 7.05 Å². The zero-order valence-corrected chi connectivity index (χ0v) is 15.9. The first-order valence-electron chi connectivity index (χ1n) is 8.79. The van der Waals surface area contributed by atoms with Crippen molar-refractivity contribution in [3.05, 3.63) is 64.7 Å². The van der Waals surface area contributed by atoms with Crippen molar-refractivity contribution < 1.29 is 13.2 Å². The van der Waals surface area contributed by atoms with E-state index >= 15 is 0 Å². The van der Waals surface area contributed by atoms with E-state index in [0.29, 0.717) is 5.56 Å². The lowest BCUT2D eigenvalue weighted by Gasteiger charge is -2.26. The minimum absolute atomic E-state index is 0.0404. The predicted molar refractivity (Wildman–Crippen MR) is 101 cm³/mol. The maximum absolute atomic E-state index is 12.9. The number of nitrogens with two attached hydrogens (primary N) is 1. The van der Waals surface area contributed by atoms with Crippen LogP contribution in [0.5, 0.6) is 0 Å². The van der Waals surface area contributed by atoms with E-state index in [-0.39, 0.29) is 16.8 Å². The van der Waals surface area contributed by atoms with Crippen molar-refractivity contribution in [3.63, 3.8) is 0 Å². The van der Waals surface area contributed by atoms with Gasteiger partial charge >= 0.3 is 0 Å². The van der Waals surface area contributed by atoms with Gasteiger partial charge in [-0.2, -0.15) is 0 Å². The molecule has 0 saturated heterocycles. The van der Waals surface area contributed by atoms with Gasteiger partial charge in [-0.25, -0.2) is 13.6 Å². The third-order valence-corrected chi connectivity index (χ3v) is 6.12. The molecule has 1 atom stereocenters. The number of amides is 1. The summed E-state index contributed by atoms with van der Waals surface area (Å²) < 4.78 is 22.7. The van der Waals surface area contributed by atoms with Crippen LogP contribution in [0.25, 0.3) is 0 Å².